The van der Waals surface area contributed by atoms with Crippen molar-refractivity contribution in [2.45, 2.75) is 0 Å². The fourth-order valence-corrected chi connectivity index (χ4v) is 3.02. The number of hydrazone groups is 1. The van der Waals surface area contributed by atoms with Crippen LogP contribution in [0.3, 0.4) is 0 Å². The normalized spacial score (nSPS) is 11.3. The monoisotopic (exact) mass is 446 g/mol. The first kappa shape index (κ1) is 22.8. The maximum Gasteiger partial charge on any atom is 0.287 e. The van der Waals surface area contributed by atoms with Crippen LogP contribution in [0, 0.1) is 0 Å². The summed E-state index contributed by atoms with van der Waals surface area (Å²) in [6.45, 7) is 0. The van der Waals surface area contributed by atoms with Gasteiger partial charge < -0.3 is 10.2 Å². The Balaban J connectivity index is 1.77. The predicted molar refractivity (Wildman–Crippen MR) is 130 cm³/mol. The molecule has 32 heavy (non-hydrogen) atoms. The highest BCUT2D eigenvalue weighted by atomic mass is 35.5. The van der Waals surface area contributed by atoms with Gasteiger partial charge in [0.25, 0.3) is 11.8 Å². The van der Waals surface area contributed by atoms with Crippen LogP contribution in [0.25, 0.3) is 6.08 Å². The van der Waals surface area contributed by atoms with Gasteiger partial charge in [-0.15, -0.1) is 0 Å². The minimum Gasteiger partial charge on any atom is -0.378 e. The Morgan fingerprint density at radius 3 is 2.19 bits per heavy atom. The molecule has 0 fully saturated rings. The molecular weight excluding hydrogens is 424 g/mol. The number of benzene rings is 3. The minimum absolute atomic E-state index is 0.0428. The molecule has 0 saturated carbocycles. The standard InChI is InChI=1S/C25H23ClN4O2/c1-30(2)20-14-12-19(13-15-20)17-27-29-25(32)23(16-18-8-4-3-5-9-18)28-24(31)21-10-6-7-11-22(21)26/h3-17H,1-2H3,(H,28,31)(H,29,32)/b23-16-,27-17+. The molecule has 3 aromatic carbocycles. The number of nitrogens with one attached hydrogen (secondary N) is 2. The second kappa shape index (κ2) is 10.9. The molecular formula is C25H23ClN4O2. The first-order valence-corrected chi connectivity index (χ1v) is 10.3. The molecule has 162 valence electrons. The molecule has 0 aliphatic carbocycles. The Labute approximate surface area is 192 Å². The maximum absolute atomic E-state index is 12.8. The van der Waals surface area contributed by atoms with E-state index in [-0.39, 0.29) is 11.3 Å². The van der Waals surface area contributed by atoms with Crippen LogP contribution in [0.5, 0.6) is 0 Å². The largest absolute Gasteiger partial charge is 0.378 e. The topological polar surface area (TPSA) is 73.8 Å². The van der Waals surface area contributed by atoms with Gasteiger partial charge in [0.1, 0.15) is 5.70 Å². The second-order valence-electron chi connectivity index (χ2n) is 7.09. The Kier molecular flexibility index (Phi) is 7.78. The predicted octanol–water partition coefficient (Wildman–Crippen LogP) is 4.33. The Morgan fingerprint density at radius 1 is 0.875 bits per heavy atom. The van der Waals surface area contributed by atoms with Gasteiger partial charge in [0, 0.05) is 19.8 Å². The van der Waals surface area contributed by atoms with E-state index in [0.29, 0.717) is 5.02 Å². The van der Waals surface area contributed by atoms with E-state index in [1.807, 2.05) is 73.6 Å². The van der Waals surface area contributed by atoms with Crippen molar-refractivity contribution in [3.63, 3.8) is 0 Å². The van der Waals surface area contributed by atoms with Crippen LogP contribution >= 0.6 is 11.6 Å². The van der Waals surface area contributed by atoms with Crippen molar-refractivity contribution in [3.05, 3.63) is 106 Å². The molecule has 0 heterocycles. The number of carbonyl (C=O) groups is 2. The molecule has 0 bridgehead atoms. The Hall–Kier alpha value is -3.90. The van der Waals surface area contributed by atoms with Crippen molar-refractivity contribution >= 4 is 41.4 Å². The average Bonchev–Trinajstić information content (AvgIpc) is 2.80. The van der Waals surface area contributed by atoms with Gasteiger partial charge in [-0.3, -0.25) is 9.59 Å². The van der Waals surface area contributed by atoms with Crippen LogP contribution < -0.4 is 15.6 Å². The van der Waals surface area contributed by atoms with E-state index < -0.39 is 11.8 Å². The first-order valence-electron chi connectivity index (χ1n) is 9.87. The van der Waals surface area contributed by atoms with Gasteiger partial charge in [-0.2, -0.15) is 5.10 Å². The summed E-state index contributed by atoms with van der Waals surface area (Å²) in [5.74, 6) is -1.05. The molecule has 0 aromatic heterocycles. The van der Waals surface area contributed by atoms with E-state index in [1.54, 1.807) is 30.3 Å². The number of hydrogen-bond donors (Lipinski definition) is 2. The van der Waals surface area contributed by atoms with Gasteiger partial charge in [-0.25, -0.2) is 5.43 Å². The van der Waals surface area contributed by atoms with E-state index >= 15 is 0 Å². The van der Waals surface area contributed by atoms with Gasteiger partial charge in [-0.1, -0.05) is 66.2 Å². The average molecular weight is 447 g/mol. The molecule has 6 nitrogen and oxygen atoms in total. The van der Waals surface area contributed by atoms with Crippen LogP contribution in [-0.2, 0) is 4.79 Å². The van der Waals surface area contributed by atoms with Crippen molar-refractivity contribution in [1.82, 2.24) is 10.7 Å². The lowest BCUT2D eigenvalue weighted by molar-refractivity contribution is -0.117. The number of rotatable bonds is 7. The summed E-state index contributed by atoms with van der Waals surface area (Å²) in [5.41, 5.74) is 5.41. The van der Waals surface area contributed by atoms with Crippen LogP contribution in [-0.4, -0.2) is 32.1 Å². The van der Waals surface area contributed by atoms with Gasteiger partial charge in [0.05, 0.1) is 16.8 Å². The highest BCUT2D eigenvalue weighted by Gasteiger charge is 2.16. The molecule has 0 spiro atoms. The van der Waals surface area contributed by atoms with Crippen molar-refractivity contribution in [1.29, 1.82) is 0 Å². The van der Waals surface area contributed by atoms with Gasteiger partial charge >= 0.3 is 0 Å². The molecule has 2 amide bonds. The molecule has 0 aliphatic rings. The van der Waals surface area contributed by atoms with E-state index in [4.69, 9.17) is 11.6 Å². The summed E-state index contributed by atoms with van der Waals surface area (Å²) in [7, 11) is 3.92. The summed E-state index contributed by atoms with van der Waals surface area (Å²) in [4.78, 5) is 27.5. The van der Waals surface area contributed by atoms with E-state index in [0.717, 1.165) is 16.8 Å². The molecule has 0 saturated heterocycles. The lowest BCUT2D eigenvalue weighted by atomic mass is 10.1. The third-order valence-corrected chi connectivity index (χ3v) is 4.84. The van der Waals surface area contributed by atoms with Gasteiger partial charge in [-0.05, 0) is 41.5 Å². The van der Waals surface area contributed by atoms with E-state index in [9.17, 15) is 9.59 Å². The molecule has 0 radical (unpaired) electrons. The number of hydrogen-bond acceptors (Lipinski definition) is 4. The quantitative estimate of drug-likeness (QED) is 0.322. The SMILES string of the molecule is CN(C)c1ccc(/C=N/NC(=O)/C(=C/c2ccccc2)NC(=O)c2ccccc2Cl)cc1. The van der Waals surface area contributed by atoms with Crippen molar-refractivity contribution < 1.29 is 9.59 Å². The lowest BCUT2D eigenvalue weighted by Gasteiger charge is -2.11. The molecule has 3 rings (SSSR count). The molecule has 0 atom stereocenters. The van der Waals surface area contributed by atoms with Crippen molar-refractivity contribution in [3.8, 4) is 0 Å². The molecule has 0 aliphatic heterocycles. The zero-order valence-corrected chi connectivity index (χ0v) is 18.5. The third-order valence-electron chi connectivity index (χ3n) is 4.51. The van der Waals surface area contributed by atoms with Crippen LogP contribution in [0.1, 0.15) is 21.5 Å². The summed E-state index contributed by atoms with van der Waals surface area (Å²) in [6, 6.07) is 23.5. The summed E-state index contributed by atoms with van der Waals surface area (Å²) < 4.78 is 0. The van der Waals surface area contributed by atoms with Crippen molar-refractivity contribution in [2.75, 3.05) is 19.0 Å². The zero-order valence-electron chi connectivity index (χ0n) is 17.7. The number of amides is 2. The van der Waals surface area contributed by atoms with Gasteiger partial charge in [0.2, 0.25) is 0 Å². The fourth-order valence-electron chi connectivity index (χ4n) is 2.79. The summed E-state index contributed by atoms with van der Waals surface area (Å²) in [6.07, 6.45) is 3.11. The van der Waals surface area contributed by atoms with Gasteiger partial charge in [0.15, 0.2) is 0 Å². The minimum atomic E-state index is -0.560. The summed E-state index contributed by atoms with van der Waals surface area (Å²) in [5, 5.41) is 6.95. The Bertz CT molecular complexity index is 1140. The maximum atomic E-state index is 12.8. The van der Waals surface area contributed by atoms with Crippen LogP contribution in [0.4, 0.5) is 5.69 Å². The zero-order chi connectivity index (χ0) is 22.9. The molecule has 2 N–H and O–H groups in total. The van der Waals surface area contributed by atoms with E-state index in [2.05, 4.69) is 15.8 Å². The first-order chi connectivity index (χ1) is 15.4. The fraction of sp³-hybridized carbons (Fsp3) is 0.0800. The number of nitrogens with zero attached hydrogens (tertiary/aromatic N) is 2. The highest BCUT2D eigenvalue weighted by molar-refractivity contribution is 6.34. The molecule has 7 heteroatoms. The van der Waals surface area contributed by atoms with E-state index in [1.165, 1.54) is 6.21 Å². The lowest BCUT2D eigenvalue weighted by Crippen LogP contribution is -2.33. The smallest absolute Gasteiger partial charge is 0.287 e. The highest BCUT2D eigenvalue weighted by Crippen LogP contribution is 2.16. The van der Waals surface area contributed by atoms with Crippen molar-refractivity contribution in [2.24, 2.45) is 5.10 Å². The third kappa shape index (κ3) is 6.30. The second-order valence-corrected chi connectivity index (χ2v) is 7.49. The van der Waals surface area contributed by atoms with Crippen LogP contribution in [0.15, 0.2) is 89.7 Å². The number of halogens is 1. The number of carbonyl (C=O) groups excluding carboxylic acids is 2. The van der Waals surface area contributed by atoms with Crippen LogP contribution in [0.2, 0.25) is 5.02 Å². The molecule has 0 unspecified atom stereocenters. The number of anilines is 1. The summed E-state index contributed by atoms with van der Waals surface area (Å²) >= 11 is 6.12. The Morgan fingerprint density at radius 2 is 1.53 bits per heavy atom. The molecule has 3 aromatic rings.